The van der Waals surface area contributed by atoms with Gasteiger partial charge in [0.15, 0.2) is 5.82 Å². The molecular weight excluding hydrogens is 347 g/mol. The van der Waals surface area contributed by atoms with Gasteiger partial charge in [-0.1, -0.05) is 24.3 Å². The summed E-state index contributed by atoms with van der Waals surface area (Å²) in [5.74, 6) is 0.473. The fourth-order valence-corrected chi connectivity index (χ4v) is 2.48. The highest BCUT2D eigenvalue weighted by Gasteiger charge is 2.04. The Labute approximate surface area is 156 Å². The molecule has 3 N–H and O–H groups in total. The lowest BCUT2D eigenvalue weighted by Gasteiger charge is -2.09. The molecule has 0 aliphatic carbocycles. The van der Waals surface area contributed by atoms with E-state index in [0.717, 1.165) is 0 Å². The Hall–Kier alpha value is -3.55. The number of benzene rings is 2. The highest BCUT2D eigenvalue weighted by molar-refractivity contribution is 5.89. The van der Waals surface area contributed by atoms with Crippen molar-refractivity contribution in [1.29, 1.82) is 0 Å². The van der Waals surface area contributed by atoms with E-state index in [4.69, 9.17) is 0 Å². The Morgan fingerprint density at radius 3 is 2.74 bits per heavy atom. The molecule has 1 aromatic heterocycles. The molecule has 0 saturated heterocycles. The number of rotatable bonds is 7. The normalized spacial score (nSPS) is 10.3. The summed E-state index contributed by atoms with van der Waals surface area (Å²) in [6.07, 6.45) is 2.03. The molecule has 3 rings (SSSR count). The van der Waals surface area contributed by atoms with Gasteiger partial charge in [0, 0.05) is 24.8 Å². The fourth-order valence-electron chi connectivity index (χ4n) is 2.48. The van der Waals surface area contributed by atoms with E-state index in [0.29, 0.717) is 41.7 Å². The monoisotopic (exact) mass is 366 g/mol. The van der Waals surface area contributed by atoms with Gasteiger partial charge in [-0.2, -0.15) is 10.1 Å². The minimum absolute atomic E-state index is 0.147. The van der Waals surface area contributed by atoms with E-state index >= 15 is 0 Å². The number of hydrogen-bond donors (Lipinski definition) is 3. The maximum absolute atomic E-state index is 13.6. The maximum atomic E-state index is 13.6. The van der Waals surface area contributed by atoms with Crippen molar-refractivity contribution in [3.05, 3.63) is 66.1 Å². The second kappa shape index (κ2) is 8.70. The summed E-state index contributed by atoms with van der Waals surface area (Å²) in [5, 5.41) is 16.7. The summed E-state index contributed by atoms with van der Waals surface area (Å²) < 4.78 is 13.6. The van der Waals surface area contributed by atoms with Crippen LogP contribution < -0.4 is 16.0 Å². The third-order valence-electron chi connectivity index (χ3n) is 3.66. The lowest BCUT2D eigenvalue weighted by atomic mass is 10.1. The van der Waals surface area contributed by atoms with Crippen LogP contribution in [0.5, 0.6) is 0 Å². The van der Waals surface area contributed by atoms with E-state index in [1.807, 2.05) is 12.1 Å². The molecule has 8 heteroatoms. The van der Waals surface area contributed by atoms with Gasteiger partial charge in [0.05, 0.1) is 6.20 Å². The van der Waals surface area contributed by atoms with Gasteiger partial charge in [-0.3, -0.25) is 4.79 Å². The van der Waals surface area contributed by atoms with Crippen LogP contribution in [0.2, 0.25) is 0 Å². The van der Waals surface area contributed by atoms with Crippen molar-refractivity contribution >= 4 is 29.0 Å². The second-order valence-corrected chi connectivity index (χ2v) is 5.82. The largest absolute Gasteiger partial charge is 0.368 e. The summed E-state index contributed by atoms with van der Waals surface area (Å²) in [6.45, 7) is 1.96. The van der Waals surface area contributed by atoms with Gasteiger partial charge in [-0.25, -0.2) is 4.39 Å². The van der Waals surface area contributed by atoms with Crippen molar-refractivity contribution < 1.29 is 9.18 Å². The van der Waals surface area contributed by atoms with Gasteiger partial charge in [0.1, 0.15) is 5.82 Å². The van der Waals surface area contributed by atoms with E-state index < -0.39 is 0 Å². The highest BCUT2D eigenvalue weighted by Crippen LogP contribution is 2.18. The number of hydrogen-bond acceptors (Lipinski definition) is 6. The average molecular weight is 366 g/mol. The van der Waals surface area contributed by atoms with Gasteiger partial charge in [0.2, 0.25) is 11.9 Å². The van der Waals surface area contributed by atoms with Gasteiger partial charge in [0.25, 0.3) is 0 Å². The molecular formula is C19H19FN6O. The number of carbonyl (C=O) groups is 1. The van der Waals surface area contributed by atoms with Crippen LogP contribution in [0.4, 0.5) is 27.5 Å². The van der Waals surface area contributed by atoms with Crippen LogP contribution in [-0.2, 0) is 11.2 Å². The zero-order valence-corrected chi connectivity index (χ0v) is 14.7. The average Bonchev–Trinajstić information content (AvgIpc) is 2.63. The molecule has 0 aliphatic rings. The molecule has 0 saturated carbocycles. The van der Waals surface area contributed by atoms with E-state index in [1.54, 1.807) is 30.3 Å². The van der Waals surface area contributed by atoms with E-state index in [-0.39, 0.29) is 11.7 Å². The van der Waals surface area contributed by atoms with Gasteiger partial charge in [-0.15, -0.1) is 5.10 Å². The highest BCUT2D eigenvalue weighted by atomic mass is 19.1. The maximum Gasteiger partial charge on any atom is 0.249 e. The van der Waals surface area contributed by atoms with Crippen LogP contribution in [0.25, 0.3) is 0 Å². The van der Waals surface area contributed by atoms with Gasteiger partial charge in [-0.05, 0) is 36.2 Å². The number of aromatic nitrogens is 3. The Morgan fingerprint density at radius 2 is 1.93 bits per heavy atom. The minimum Gasteiger partial charge on any atom is -0.368 e. The third kappa shape index (κ3) is 5.46. The molecule has 3 aromatic rings. The first kappa shape index (κ1) is 18.2. The van der Waals surface area contributed by atoms with Crippen molar-refractivity contribution in [1.82, 2.24) is 15.2 Å². The lowest BCUT2D eigenvalue weighted by molar-refractivity contribution is -0.114. The van der Waals surface area contributed by atoms with Crippen molar-refractivity contribution in [3.8, 4) is 0 Å². The molecule has 0 atom stereocenters. The van der Waals surface area contributed by atoms with Crippen LogP contribution in [0.1, 0.15) is 12.5 Å². The molecule has 0 bridgehead atoms. The predicted molar refractivity (Wildman–Crippen MR) is 102 cm³/mol. The minimum atomic E-state index is -0.221. The third-order valence-corrected chi connectivity index (χ3v) is 3.66. The SMILES string of the molecule is CC(=O)Nc1cccc(Nc2nncc(NCCc3ccccc3F)n2)c1. The van der Waals surface area contributed by atoms with Crippen LogP contribution in [-0.4, -0.2) is 27.6 Å². The van der Waals surface area contributed by atoms with E-state index in [2.05, 4.69) is 31.1 Å². The van der Waals surface area contributed by atoms with Crippen LogP contribution in [0.15, 0.2) is 54.7 Å². The van der Waals surface area contributed by atoms with Gasteiger partial charge < -0.3 is 16.0 Å². The Balaban J connectivity index is 1.60. The predicted octanol–water partition coefficient (Wildman–Crippen LogP) is 3.37. The van der Waals surface area contributed by atoms with Crippen molar-refractivity contribution in [2.24, 2.45) is 0 Å². The van der Waals surface area contributed by atoms with Crippen molar-refractivity contribution in [3.63, 3.8) is 0 Å². The zero-order chi connectivity index (χ0) is 19.1. The number of halogens is 1. The quantitative estimate of drug-likeness (QED) is 0.594. The first-order chi connectivity index (χ1) is 13.1. The number of nitrogens with zero attached hydrogens (tertiary/aromatic N) is 3. The molecule has 1 amide bonds. The number of anilines is 4. The molecule has 0 spiro atoms. The summed E-state index contributed by atoms with van der Waals surface area (Å²) in [7, 11) is 0. The van der Waals surface area contributed by atoms with E-state index in [9.17, 15) is 9.18 Å². The number of nitrogens with one attached hydrogen (secondary N) is 3. The van der Waals surface area contributed by atoms with Crippen LogP contribution in [0.3, 0.4) is 0 Å². The second-order valence-electron chi connectivity index (χ2n) is 5.82. The summed E-state index contributed by atoms with van der Waals surface area (Å²) in [6, 6.07) is 13.9. The Kier molecular flexibility index (Phi) is 5.88. The Morgan fingerprint density at radius 1 is 1.11 bits per heavy atom. The summed E-state index contributed by atoms with van der Waals surface area (Å²) in [4.78, 5) is 15.5. The van der Waals surface area contributed by atoms with Crippen LogP contribution >= 0.6 is 0 Å². The van der Waals surface area contributed by atoms with Crippen LogP contribution in [0, 0.1) is 5.82 Å². The molecule has 0 radical (unpaired) electrons. The number of carbonyl (C=O) groups excluding carboxylic acids is 1. The molecule has 2 aromatic carbocycles. The Bertz CT molecular complexity index is 933. The lowest BCUT2D eigenvalue weighted by Crippen LogP contribution is -2.09. The topological polar surface area (TPSA) is 91.8 Å². The smallest absolute Gasteiger partial charge is 0.249 e. The zero-order valence-electron chi connectivity index (χ0n) is 14.7. The van der Waals surface area contributed by atoms with Crippen molar-refractivity contribution in [2.75, 3.05) is 22.5 Å². The van der Waals surface area contributed by atoms with Gasteiger partial charge >= 0.3 is 0 Å². The first-order valence-electron chi connectivity index (χ1n) is 8.42. The molecule has 0 aliphatic heterocycles. The van der Waals surface area contributed by atoms with Crippen molar-refractivity contribution in [2.45, 2.75) is 13.3 Å². The fraction of sp³-hybridized carbons (Fsp3) is 0.158. The van der Waals surface area contributed by atoms with E-state index in [1.165, 1.54) is 19.2 Å². The molecule has 1 heterocycles. The number of amides is 1. The molecule has 0 fully saturated rings. The molecule has 27 heavy (non-hydrogen) atoms. The molecule has 138 valence electrons. The standard InChI is InChI=1S/C19H19FN6O/c1-13(27)23-15-6-4-7-16(11-15)24-19-25-18(12-22-26-19)21-10-9-14-5-2-3-8-17(14)20/h2-8,11-12H,9-10H2,1H3,(H,23,27)(H2,21,24,25,26). The molecule has 7 nitrogen and oxygen atoms in total. The summed E-state index contributed by atoms with van der Waals surface area (Å²) in [5.41, 5.74) is 2.02. The molecule has 0 unspecified atom stereocenters. The first-order valence-corrected chi connectivity index (χ1v) is 8.42. The summed E-state index contributed by atoms with van der Waals surface area (Å²) >= 11 is 0.